The first-order valence-electron chi connectivity index (χ1n) is 8.51. The van der Waals surface area contributed by atoms with Crippen molar-refractivity contribution in [1.82, 2.24) is 15.0 Å². The molecule has 1 unspecified atom stereocenters. The van der Waals surface area contributed by atoms with Gasteiger partial charge in [-0.1, -0.05) is 18.0 Å². The molecular weight excluding hydrogens is 290 g/mol. The van der Waals surface area contributed by atoms with Gasteiger partial charge in [0.15, 0.2) is 11.5 Å². The summed E-state index contributed by atoms with van der Waals surface area (Å²) >= 11 is 0. The lowest BCUT2D eigenvalue weighted by molar-refractivity contribution is 0.0678. The van der Waals surface area contributed by atoms with Gasteiger partial charge in [-0.15, -0.1) is 0 Å². The van der Waals surface area contributed by atoms with E-state index in [1.165, 1.54) is 25.7 Å². The maximum Gasteiger partial charge on any atom is 0.276 e. The lowest BCUT2D eigenvalue weighted by atomic mass is 9.96. The number of aromatic nitrogens is 2. The minimum absolute atomic E-state index is 0.0123. The Kier molecular flexibility index (Phi) is 3.85. The van der Waals surface area contributed by atoms with E-state index >= 15 is 0 Å². The van der Waals surface area contributed by atoms with Gasteiger partial charge in [0.25, 0.3) is 5.91 Å². The van der Waals surface area contributed by atoms with Gasteiger partial charge in [0.05, 0.1) is 0 Å². The van der Waals surface area contributed by atoms with Crippen molar-refractivity contribution in [1.29, 1.82) is 0 Å². The molecule has 1 amide bonds. The molecule has 4 rings (SSSR count). The fourth-order valence-corrected chi connectivity index (χ4v) is 4.04. The lowest BCUT2D eigenvalue weighted by Crippen LogP contribution is -2.39. The van der Waals surface area contributed by atoms with Gasteiger partial charge < -0.3 is 9.42 Å². The van der Waals surface area contributed by atoms with Crippen LogP contribution < -0.4 is 0 Å². The zero-order valence-corrected chi connectivity index (χ0v) is 13.1. The van der Waals surface area contributed by atoms with Gasteiger partial charge in [-0.25, -0.2) is 0 Å². The van der Waals surface area contributed by atoms with Gasteiger partial charge in [-0.05, 0) is 43.7 Å². The molecule has 2 aromatic heterocycles. The van der Waals surface area contributed by atoms with Crippen LogP contribution in [0.1, 0.15) is 49.0 Å². The number of rotatable bonds is 3. The van der Waals surface area contributed by atoms with Crippen molar-refractivity contribution in [2.75, 3.05) is 6.54 Å². The standard InChI is InChI=1S/C18H21N3O2/c22-18(21-10-4-8-16(21)13-5-1-2-6-13)15-11-17(23-20-15)14-7-3-9-19-12-14/h3,7,9,11-13,16H,1-2,4-6,8,10H2. The van der Waals surface area contributed by atoms with Crippen LogP contribution in [-0.4, -0.2) is 33.5 Å². The van der Waals surface area contributed by atoms with Crippen molar-refractivity contribution >= 4 is 5.91 Å². The molecule has 0 radical (unpaired) electrons. The van der Waals surface area contributed by atoms with Gasteiger partial charge in [-0.2, -0.15) is 0 Å². The summed E-state index contributed by atoms with van der Waals surface area (Å²) in [6.07, 6.45) is 10.8. The molecule has 0 N–H and O–H groups in total. The van der Waals surface area contributed by atoms with E-state index in [4.69, 9.17) is 4.52 Å². The summed E-state index contributed by atoms with van der Waals surface area (Å²) in [5, 5.41) is 4.00. The second kappa shape index (κ2) is 6.14. The van der Waals surface area contributed by atoms with Crippen LogP contribution in [0.4, 0.5) is 0 Å². The molecule has 1 saturated heterocycles. The summed E-state index contributed by atoms with van der Waals surface area (Å²) in [7, 11) is 0. The highest BCUT2D eigenvalue weighted by molar-refractivity contribution is 5.93. The van der Waals surface area contributed by atoms with Gasteiger partial charge in [0.2, 0.25) is 0 Å². The van der Waals surface area contributed by atoms with Gasteiger partial charge >= 0.3 is 0 Å². The predicted octanol–water partition coefficient (Wildman–Crippen LogP) is 3.53. The zero-order chi connectivity index (χ0) is 15.6. The number of amides is 1. The van der Waals surface area contributed by atoms with Crippen molar-refractivity contribution in [3.05, 3.63) is 36.3 Å². The molecule has 5 heteroatoms. The quantitative estimate of drug-likeness (QED) is 0.870. The van der Waals surface area contributed by atoms with E-state index in [0.29, 0.717) is 23.4 Å². The first-order chi connectivity index (χ1) is 11.3. The monoisotopic (exact) mass is 311 g/mol. The fourth-order valence-electron chi connectivity index (χ4n) is 4.04. The smallest absolute Gasteiger partial charge is 0.276 e. The number of carbonyl (C=O) groups is 1. The summed E-state index contributed by atoms with van der Waals surface area (Å²) in [6, 6.07) is 5.88. The molecule has 2 aliphatic rings. The lowest BCUT2D eigenvalue weighted by Gasteiger charge is -2.28. The minimum Gasteiger partial charge on any atom is -0.355 e. The van der Waals surface area contributed by atoms with Crippen molar-refractivity contribution < 1.29 is 9.32 Å². The summed E-state index contributed by atoms with van der Waals surface area (Å²) in [5.41, 5.74) is 1.25. The van der Waals surface area contributed by atoms with Crippen LogP contribution in [0.3, 0.4) is 0 Å². The van der Waals surface area contributed by atoms with Crippen LogP contribution in [0.25, 0.3) is 11.3 Å². The molecule has 23 heavy (non-hydrogen) atoms. The Morgan fingerprint density at radius 2 is 2.09 bits per heavy atom. The average molecular weight is 311 g/mol. The summed E-state index contributed by atoms with van der Waals surface area (Å²) in [4.78, 5) is 18.9. The number of carbonyl (C=O) groups excluding carboxylic acids is 1. The molecule has 0 aromatic carbocycles. The number of hydrogen-bond donors (Lipinski definition) is 0. The Balaban J connectivity index is 1.53. The Bertz CT molecular complexity index is 677. The summed E-state index contributed by atoms with van der Waals surface area (Å²) in [6.45, 7) is 0.842. The second-order valence-corrected chi connectivity index (χ2v) is 6.57. The molecule has 1 atom stereocenters. The van der Waals surface area contributed by atoms with Gasteiger partial charge in [0, 0.05) is 36.6 Å². The normalized spacial score (nSPS) is 21.9. The third-order valence-electron chi connectivity index (χ3n) is 5.18. The molecule has 0 bridgehead atoms. The van der Waals surface area contributed by atoms with Crippen molar-refractivity contribution in [3.63, 3.8) is 0 Å². The molecule has 120 valence electrons. The largest absolute Gasteiger partial charge is 0.355 e. The van der Waals surface area contributed by atoms with Crippen LogP contribution in [0, 0.1) is 5.92 Å². The maximum atomic E-state index is 12.8. The van der Waals surface area contributed by atoms with Crippen LogP contribution in [-0.2, 0) is 0 Å². The fraction of sp³-hybridized carbons (Fsp3) is 0.500. The Morgan fingerprint density at radius 3 is 2.87 bits per heavy atom. The highest BCUT2D eigenvalue weighted by Gasteiger charge is 2.37. The highest BCUT2D eigenvalue weighted by atomic mass is 16.5. The van der Waals surface area contributed by atoms with Crippen LogP contribution in [0.5, 0.6) is 0 Å². The molecule has 5 nitrogen and oxygen atoms in total. The molecular formula is C18H21N3O2. The van der Waals surface area contributed by atoms with Crippen molar-refractivity contribution in [2.45, 2.75) is 44.6 Å². The van der Waals surface area contributed by atoms with E-state index in [-0.39, 0.29) is 5.91 Å². The molecule has 1 saturated carbocycles. The molecule has 2 fully saturated rings. The van der Waals surface area contributed by atoms with Crippen molar-refractivity contribution in [2.24, 2.45) is 5.92 Å². The van der Waals surface area contributed by atoms with E-state index in [1.54, 1.807) is 18.5 Å². The van der Waals surface area contributed by atoms with Crippen LogP contribution in [0.15, 0.2) is 35.1 Å². The van der Waals surface area contributed by atoms with E-state index in [2.05, 4.69) is 10.1 Å². The summed E-state index contributed by atoms with van der Waals surface area (Å²) < 4.78 is 5.35. The zero-order valence-electron chi connectivity index (χ0n) is 13.1. The Labute approximate surface area is 135 Å². The van der Waals surface area contributed by atoms with Crippen LogP contribution in [0.2, 0.25) is 0 Å². The molecule has 3 heterocycles. The Hall–Kier alpha value is -2.17. The van der Waals surface area contributed by atoms with E-state index in [1.807, 2.05) is 17.0 Å². The number of likely N-dealkylation sites (tertiary alicyclic amines) is 1. The number of nitrogens with zero attached hydrogens (tertiary/aromatic N) is 3. The van der Waals surface area contributed by atoms with Crippen molar-refractivity contribution in [3.8, 4) is 11.3 Å². The molecule has 1 aliphatic heterocycles. The third kappa shape index (κ3) is 2.76. The first-order valence-corrected chi connectivity index (χ1v) is 8.51. The van der Waals surface area contributed by atoms with Gasteiger partial charge in [-0.3, -0.25) is 9.78 Å². The van der Waals surface area contributed by atoms with Crippen LogP contribution >= 0.6 is 0 Å². The molecule has 1 aliphatic carbocycles. The first kappa shape index (κ1) is 14.4. The van der Waals surface area contributed by atoms with E-state index in [0.717, 1.165) is 24.9 Å². The molecule has 2 aromatic rings. The molecule has 0 spiro atoms. The summed E-state index contributed by atoms with van der Waals surface area (Å²) in [5.74, 6) is 1.28. The van der Waals surface area contributed by atoms with E-state index < -0.39 is 0 Å². The number of pyridine rings is 1. The number of hydrogen-bond acceptors (Lipinski definition) is 4. The van der Waals surface area contributed by atoms with E-state index in [9.17, 15) is 4.79 Å². The average Bonchev–Trinajstić information content (AvgIpc) is 3.34. The third-order valence-corrected chi connectivity index (χ3v) is 5.18. The maximum absolute atomic E-state index is 12.8. The minimum atomic E-state index is 0.0123. The van der Waals surface area contributed by atoms with Gasteiger partial charge in [0.1, 0.15) is 0 Å². The Morgan fingerprint density at radius 1 is 1.22 bits per heavy atom. The SMILES string of the molecule is O=C(c1cc(-c2cccnc2)on1)N1CCCC1C1CCCC1. The predicted molar refractivity (Wildman–Crippen MR) is 85.8 cm³/mol. The topological polar surface area (TPSA) is 59.2 Å². The highest BCUT2D eigenvalue weighted by Crippen LogP contribution is 2.36. The second-order valence-electron chi connectivity index (χ2n) is 6.57.